The number of benzene rings is 1. The van der Waals surface area contributed by atoms with Gasteiger partial charge in [-0.3, -0.25) is 4.79 Å². The van der Waals surface area contributed by atoms with Crippen molar-refractivity contribution in [2.75, 3.05) is 31.1 Å². The Balaban J connectivity index is 1.70. The maximum absolute atomic E-state index is 12.5. The molecule has 0 spiro atoms. The molecule has 7 heteroatoms. The fourth-order valence-electron chi connectivity index (χ4n) is 2.83. The highest BCUT2D eigenvalue weighted by molar-refractivity contribution is 7.12. The van der Waals surface area contributed by atoms with Crippen LogP contribution in [0.4, 0.5) is 5.69 Å². The van der Waals surface area contributed by atoms with Gasteiger partial charge >= 0.3 is 5.97 Å². The summed E-state index contributed by atoms with van der Waals surface area (Å²) in [5.41, 5.74) is -0.461. The van der Waals surface area contributed by atoms with Crippen LogP contribution in [0.15, 0.2) is 41.8 Å². The van der Waals surface area contributed by atoms with Crippen molar-refractivity contribution < 1.29 is 19.4 Å². The van der Waals surface area contributed by atoms with E-state index >= 15 is 0 Å². The fraction of sp³-hybridized carbons (Fsp3) is 0.368. The number of rotatable bonds is 5. The number of carbonyl (C=O) groups is 2. The van der Waals surface area contributed by atoms with Gasteiger partial charge < -0.3 is 19.6 Å². The Morgan fingerprint density at radius 3 is 2.38 bits per heavy atom. The maximum Gasteiger partial charge on any atom is 0.347 e. The zero-order valence-corrected chi connectivity index (χ0v) is 15.7. The summed E-state index contributed by atoms with van der Waals surface area (Å²) < 4.78 is 5.76. The molecule has 1 amide bonds. The lowest BCUT2D eigenvalue weighted by Crippen LogP contribution is -2.49. The normalized spacial score (nSPS) is 15.0. The van der Waals surface area contributed by atoms with Crippen molar-refractivity contribution in [1.82, 2.24) is 4.90 Å². The second-order valence-electron chi connectivity index (χ2n) is 6.64. The lowest BCUT2D eigenvalue weighted by molar-refractivity contribution is -0.152. The number of hydrogen-bond acceptors (Lipinski definition) is 5. The second-order valence-corrected chi connectivity index (χ2v) is 7.59. The Morgan fingerprint density at radius 2 is 1.77 bits per heavy atom. The van der Waals surface area contributed by atoms with Gasteiger partial charge in [-0.25, -0.2) is 4.79 Å². The summed E-state index contributed by atoms with van der Waals surface area (Å²) in [7, 11) is 0. The number of hydrogen-bond donors (Lipinski definition) is 1. The van der Waals surface area contributed by atoms with Crippen LogP contribution in [-0.2, 0) is 4.79 Å². The van der Waals surface area contributed by atoms with Crippen LogP contribution in [0.3, 0.4) is 0 Å². The molecule has 6 nitrogen and oxygen atoms in total. The van der Waals surface area contributed by atoms with E-state index in [1.54, 1.807) is 6.07 Å². The molecule has 0 bridgehead atoms. The molecule has 1 fully saturated rings. The number of nitrogens with zero attached hydrogens (tertiary/aromatic N) is 2. The molecule has 1 N–H and O–H groups in total. The number of aliphatic carboxylic acids is 1. The molecule has 1 aliphatic rings. The molecule has 0 aliphatic carbocycles. The van der Waals surface area contributed by atoms with Crippen LogP contribution >= 0.6 is 11.3 Å². The lowest BCUT2D eigenvalue weighted by atomic mass is 10.1. The Morgan fingerprint density at radius 1 is 1.08 bits per heavy atom. The van der Waals surface area contributed by atoms with E-state index in [4.69, 9.17) is 4.74 Å². The molecule has 26 heavy (non-hydrogen) atoms. The van der Waals surface area contributed by atoms with E-state index in [2.05, 4.69) is 4.90 Å². The van der Waals surface area contributed by atoms with Crippen molar-refractivity contribution in [3.63, 3.8) is 0 Å². The number of amides is 1. The molecule has 1 aromatic heterocycles. The highest BCUT2D eigenvalue weighted by Crippen LogP contribution is 2.32. The summed E-state index contributed by atoms with van der Waals surface area (Å²) >= 11 is 1.45. The van der Waals surface area contributed by atoms with Gasteiger partial charge in [0.25, 0.3) is 5.91 Å². The molecule has 138 valence electrons. The molecule has 0 atom stereocenters. The minimum absolute atomic E-state index is 0.0659. The summed E-state index contributed by atoms with van der Waals surface area (Å²) in [6.07, 6.45) is 0. The zero-order valence-electron chi connectivity index (χ0n) is 14.8. The number of carbonyl (C=O) groups excluding carboxylic acids is 1. The third-order valence-electron chi connectivity index (χ3n) is 4.38. The molecule has 1 aliphatic heterocycles. The number of thiophene rings is 1. The van der Waals surface area contributed by atoms with Gasteiger partial charge in [-0.1, -0.05) is 18.2 Å². The minimum atomic E-state index is -1.31. The number of anilines is 1. The topological polar surface area (TPSA) is 70.1 Å². The Bertz CT molecular complexity index is 781. The second kappa shape index (κ2) is 7.37. The highest BCUT2D eigenvalue weighted by atomic mass is 32.1. The molecule has 1 aromatic carbocycles. The predicted octanol–water partition coefficient (Wildman–Crippen LogP) is 2.95. The van der Waals surface area contributed by atoms with Gasteiger partial charge in [0, 0.05) is 26.2 Å². The van der Waals surface area contributed by atoms with Crippen LogP contribution in [0.1, 0.15) is 23.5 Å². The average Bonchev–Trinajstić information content (AvgIpc) is 3.16. The molecule has 1 saturated heterocycles. The van der Waals surface area contributed by atoms with Gasteiger partial charge in [0.1, 0.15) is 5.75 Å². The first kappa shape index (κ1) is 18.3. The van der Waals surface area contributed by atoms with Crippen LogP contribution in [0, 0.1) is 0 Å². The van der Waals surface area contributed by atoms with Crippen molar-refractivity contribution in [1.29, 1.82) is 0 Å². The van der Waals surface area contributed by atoms with Gasteiger partial charge in [-0.15, -0.1) is 11.3 Å². The van der Waals surface area contributed by atoms with E-state index < -0.39 is 11.6 Å². The first-order valence-corrected chi connectivity index (χ1v) is 9.35. The molecule has 2 aromatic rings. The number of piperazine rings is 1. The van der Waals surface area contributed by atoms with Crippen LogP contribution in [-0.4, -0.2) is 53.7 Å². The quantitative estimate of drug-likeness (QED) is 0.871. The third kappa shape index (κ3) is 3.83. The number of para-hydroxylation sites is 2. The smallest absolute Gasteiger partial charge is 0.347 e. The van der Waals surface area contributed by atoms with Crippen molar-refractivity contribution in [3.8, 4) is 5.75 Å². The Hall–Kier alpha value is -2.54. The largest absolute Gasteiger partial charge is 0.478 e. The zero-order chi connectivity index (χ0) is 18.7. The van der Waals surface area contributed by atoms with E-state index in [0.29, 0.717) is 31.9 Å². The number of ether oxygens (including phenoxy) is 1. The van der Waals surface area contributed by atoms with E-state index in [0.717, 1.165) is 10.6 Å². The molecule has 3 rings (SSSR count). The predicted molar refractivity (Wildman–Crippen MR) is 101 cm³/mol. The van der Waals surface area contributed by atoms with Gasteiger partial charge in [0.2, 0.25) is 0 Å². The minimum Gasteiger partial charge on any atom is -0.478 e. The lowest BCUT2D eigenvalue weighted by Gasteiger charge is -2.37. The fourth-order valence-corrected chi connectivity index (χ4v) is 3.52. The number of carboxylic acids is 1. The standard InChI is InChI=1S/C19H22N2O4S/c1-19(2,18(23)24)25-15-7-4-3-6-14(15)20-9-11-21(12-10-20)17(22)16-8-5-13-26-16/h3-8,13H,9-12H2,1-2H3,(H,23,24). The van der Waals surface area contributed by atoms with E-state index in [9.17, 15) is 14.7 Å². The van der Waals surface area contributed by atoms with Crippen molar-refractivity contribution in [2.45, 2.75) is 19.4 Å². The first-order chi connectivity index (χ1) is 12.4. The van der Waals surface area contributed by atoms with Crippen LogP contribution in [0.5, 0.6) is 5.75 Å². The third-order valence-corrected chi connectivity index (χ3v) is 5.24. The van der Waals surface area contributed by atoms with Gasteiger partial charge in [0.05, 0.1) is 10.6 Å². The molecule has 0 radical (unpaired) electrons. The van der Waals surface area contributed by atoms with Gasteiger partial charge in [-0.2, -0.15) is 0 Å². The summed E-state index contributed by atoms with van der Waals surface area (Å²) in [4.78, 5) is 28.6. The van der Waals surface area contributed by atoms with Crippen LogP contribution in [0.25, 0.3) is 0 Å². The van der Waals surface area contributed by atoms with Crippen molar-refractivity contribution in [2.24, 2.45) is 0 Å². The van der Waals surface area contributed by atoms with Gasteiger partial charge in [0.15, 0.2) is 5.60 Å². The van der Waals surface area contributed by atoms with Gasteiger partial charge in [-0.05, 0) is 37.4 Å². The Labute approximate surface area is 156 Å². The van der Waals surface area contributed by atoms with E-state index in [1.165, 1.54) is 25.2 Å². The van der Waals surface area contributed by atoms with Crippen molar-refractivity contribution >= 4 is 28.9 Å². The summed E-state index contributed by atoms with van der Waals surface area (Å²) in [6, 6.07) is 11.2. The molecule has 2 heterocycles. The molecular weight excluding hydrogens is 352 g/mol. The summed E-state index contributed by atoms with van der Waals surface area (Å²) in [5, 5.41) is 11.2. The van der Waals surface area contributed by atoms with E-state index in [-0.39, 0.29) is 5.91 Å². The highest BCUT2D eigenvalue weighted by Gasteiger charge is 2.31. The monoisotopic (exact) mass is 374 g/mol. The molecule has 0 saturated carbocycles. The SMILES string of the molecule is CC(C)(Oc1ccccc1N1CCN(C(=O)c2cccs2)CC1)C(=O)O. The first-order valence-electron chi connectivity index (χ1n) is 8.47. The summed E-state index contributed by atoms with van der Waals surface area (Å²) in [5.74, 6) is -0.409. The summed E-state index contributed by atoms with van der Waals surface area (Å²) in [6.45, 7) is 5.64. The maximum atomic E-state index is 12.5. The average molecular weight is 374 g/mol. The van der Waals surface area contributed by atoms with Crippen LogP contribution < -0.4 is 9.64 Å². The van der Waals surface area contributed by atoms with E-state index in [1.807, 2.05) is 40.6 Å². The Kier molecular flexibility index (Phi) is 5.18. The van der Waals surface area contributed by atoms with Crippen molar-refractivity contribution in [3.05, 3.63) is 46.7 Å². The molecule has 0 unspecified atom stereocenters. The molecular formula is C19H22N2O4S. The number of carboxylic acid groups (broad SMARTS) is 1. The van der Waals surface area contributed by atoms with Crippen LogP contribution in [0.2, 0.25) is 0 Å².